The highest BCUT2D eigenvalue weighted by Gasteiger charge is 2.04. The lowest BCUT2D eigenvalue weighted by Crippen LogP contribution is -1.98. The van der Waals surface area contributed by atoms with Gasteiger partial charge in [0.1, 0.15) is 0 Å². The molecule has 1 atom stereocenters. The van der Waals surface area contributed by atoms with Crippen molar-refractivity contribution in [3.8, 4) is 0 Å². The van der Waals surface area contributed by atoms with E-state index in [0.717, 1.165) is 18.8 Å². The highest BCUT2D eigenvalue weighted by atomic mass is 14.1. The SMILES string of the molecule is [CH2]CCCCCCCCCCCCCCCCCCCCC(CC)CC[CH2]. The Labute approximate surface area is 174 Å². The summed E-state index contributed by atoms with van der Waals surface area (Å²) in [6.45, 7) is 10.3. The zero-order chi connectivity index (χ0) is 19.8. The molecule has 0 aliphatic rings. The van der Waals surface area contributed by atoms with Crippen molar-refractivity contribution in [3.05, 3.63) is 13.8 Å². The molecule has 0 amide bonds. The Morgan fingerprint density at radius 3 is 1.04 bits per heavy atom. The van der Waals surface area contributed by atoms with Gasteiger partial charge in [-0.2, -0.15) is 0 Å². The Morgan fingerprint density at radius 1 is 0.407 bits per heavy atom. The van der Waals surface area contributed by atoms with E-state index in [0.29, 0.717) is 0 Å². The van der Waals surface area contributed by atoms with E-state index < -0.39 is 0 Å². The summed E-state index contributed by atoms with van der Waals surface area (Å²) in [7, 11) is 0. The summed E-state index contributed by atoms with van der Waals surface area (Å²) >= 11 is 0. The minimum Gasteiger partial charge on any atom is -0.0651 e. The quantitative estimate of drug-likeness (QED) is 0.155. The Kier molecular flexibility index (Phi) is 24.0. The van der Waals surface area contributed by atoms with Crippen molar-refractivity contribution in [3.63, 3.8) is 0 Å². The van der Waals surface area contributed by atoms with Gasteiger partial charge in [0.25, 0.3) is 0 Å². The first-order valence-electron chi connectivity index (χ1n) is 12.9. The maximum atomic E-state index is 4.00. The smallest absolute Gasteiger partial charge is 0.0417 e. The number of rotatable bonds is 23. The summed E-state index contributed by atoms with van der Waals surface area (Å²) < 4.78 is 0. The Morgan fingerprint density at radius 2 is 0.741 bits per heavy atom. The summed E-state index contributed by atoms with van der Waals surface area (Å²) in [6, 6.07) is 0. The van der Waals surface area contributed by atoms with E-state index in [2.05, 4.69) is 20.8 Å². The second-order valence-corrected chi connectivity index (χ2v) is 8.92. The average Bonchev–Trinajstić information content (AvgIpc) is 2.68. The molecule has 0 bridgehead atoms. The van der Waals surface area contributed by atoms with Crippen LogP contribution in [0.25, 0.3) is 0 Å². The standard InChI is InChI=1S/C27H54/c1-4-7-8-9-10-11-12-13-14-15-16-17-18-19-20-21-22-23-24-26-27(6-3)25-5-2/h27H,1-2,4-26H2,3H3. The Balaban J connectivity index is 3.07. The molecule has 0 heterocycles. The average molecular weight is 379 g/mol. The zero-order valence-electron chi connectivity index (χ0n) is 19.3. The molecule has 0 rings (SSSR count). The lowest BCUT2D eigenvalue weighted by Gasteiger charge is -2.12. The molecule has 2 radical (unpaired) electrons. The molecule has 27 heavy (non-hydrogen) atoms. The van der Waals surface area contributed by atoms with E-state index in [1.165, 1.54) is 135 Å². The Bertz CT molecular complexity index is 244. The second kappa shape index (κ2) is 24.0. The van der Waals surface area contributed by atoms with Crippen LogP contribution in [0.3, 0.4) is 0 Å². The lowest BCUT2D eigenvalue weighted by atomic mass is 9.94. The molecular formula is C27H54. The predicted molar refractivity (Wildman–Crippen MR) is 126 cm³/mol. The molecule has 0 aromatic carbocycles. The fourth-order valence-electron chi connectivity index (χ4n) is 4.28. The van der Waals surface area contributed by atoms with Gasteiger partial charge < -0.3 is 0 Å². The van der Waals surface area contributed by atoms with Gasteiger partial charge in [0.15, 0.2) is 0 Å². The van der Waals surface area contributed by atoms with Crippen molar-refractivity contribution < 1.29 is 0 Å². The first-order valence-corrected chi connectivity index (χ1v) is 12.9. The van der Waals surface area contributed by atoms with Crippen LogP contribution in [0.4, 0.5) is 0 Å². The third-order valence-corrected chi connectivity index (χ3v) is 6.30. The van der Waals surface area contributed by atoms with Crippen LogP contribution in [-0.2, 0) is 0 Å². The van der Waals surface area contributed by atoms with Gasteiger partial charge in [-0.25, -0.2) is 0 Å². The molecule has 0 spiro atoms. The third kappa shape index (κ3) is 22.2. The van der Waals surface area contributed by atoms with Gasteiger partial charge in [-0.1, -0.05) is 168 Å². The Hall–Kier alpha value is 0. The van der Waals surface area contributed by atoms with Crippen LogP contribution < -0.4 is 0 Å². The molecule has 0 nitrogen and oxygen atoms in total. The predicted octanol–water partition coefficient (Wildman–Crippen LogP) is 10.3. The van der Waals surface area contributed by atoms with Crippen LogP contribution in [0, 0.1) is 19.8 Å². The summed E-state index contributed by atoms with van der Waals surface area (Å²) in [5.41, 5.74) is 0. The molecule has 1 unspecified atom stereocenters. The van der Waals surface area contributed by atoms with E-state index in [9.17, 15) is 0 Å². The van der Waals surface area contributed by atoms with Crippen molar-refractivity contribution in [1.29, 1.82) is 0 Å². The molecule has 0 saturated carbocycles. The van der Waals surface area contributed by atoms with Crippen molar-refractivity contribution in [1.82, 2.24) is 0 Å². The van der Waals surface area contributed by atoms with E-state index in [1.54, 1.807) is 0 Å². The monoisotopic (exact) mass is 378 g/mol. The topological polar surface area (TPSA) is 0 Å². The summed E-state index contributed by atoms with van der Waals surface area (Å²) in [5.74, 6) is 0.950. The summed E-state index contributed by atoms with van der Waals surface area (Å²) in [6.07, 6.45) is 32.6. The van der Waals surface area contributed by atoms with Crippen LogP contribution in [0.15, 0.2) is 0 Å². The zero-order valence-corrected chi connectivity index (χ0v) is 19.3. The maximum absolute atomic E-state index is 4.00. The summed E-state index contributed by atoms with van der Waals surface area (Å²) in [4.78, 5) is 0. The van der Waals surface area contributed by atoms with Crippen molar-refractivity contribution in [2.45, 2.75) is 155 Å². The molecule has 0 aromatic rings. The van der Waals surface area contributed by atoms with E-state index >= 15 is 0 Å². The van der Waals surface area contributed by atoms with Crippen molar-refractivity contribution in [2.24, 2.45) is 5.92 Å². The van der Waals surface area contributed by atoms with Gasteiger partial charge in [0.05, 0.1) is 0 Å². The number of hydrogen-bond acceptors (Lipinski definition) is 0. The van der Waals surface area contributed by atoms with Gasteiger partial charge in [-0.3, -0.25) is 0 Å². The highest BCUT2D eigenvalue weighted by molar-refractivity contribution is 4.59. The highest BCUT2D eigenvalue weighted by Crippen LogP contribution is 2.20. The van der Waals surface area contributed by atoms with Crippen molar-refractivity contribution in [2.75, 3.05) is 0 Å². The van der Waals surface area contributed by atoms with E-state index in [4.69, 9.17) is 0 Å². The first-order chi connectivity index (χ1) is 13.3. The van der Waals surface area contributed by atoms with Crippen LogP contribution >= 0.6 is 0 Å². The molecule has 0 fully saturated rings. The number of hydrogen-bond donors (Lipinski definition) is 0. The maximum Gasteiger partial charge on any atom is -0.0417 e. The number of unbranched alkanes of at least 4 members (excludes halogenated alkanes) is 18. The van der Waals surface area contributed by atoms with E-state index in [1.807, 2.05) is 0 Å². The largest absolute Gasteiger partial charge is 0.0651 e. The molecular weight excluding hydrogens is 324 g/mol. The van der Waals surface area contributed by atoms with Gasteiger partial charge in [0, 0.05) is 0 Å². The normalized spacial score (nSPS) is 12.6. The van der Waals surface area contributed by atoms with Crippen LogP contribution in [0.2, 0.25) is 0 Å². The molecule has 0 N–H and O–H groups in total. The van der Waals surface area contributed by atoms with Crippen LogP contribution in [0.5, 0.6) is 0 Å². The van der Waals surface area contributed by atoms with Crippen LogP contribution in [0.1, 0.15) is 155 Å². The fourth-order valence-corrected chi connectivity index (χ4v) is 4.28. The molecule has 0 aromatic heterocycles. The molecule has 0 aliphatic carbocycles. The van der Waals surface area contributed by atoms with Gasteiger partial charge in [0.2, 0.25) is 0 Å². The minimum atomic E-state index is 0.950. The van der Waals surface area contributed by atoms with Crippen LogP contribution in [-0.4, -0.2) is 0 Å². The molecule has 0 heteroatoms. The molecule has 162 valence electrons. The minimum absolute atomic E-state index is 0.950. The lowest BCUT2D eigenvalue weighted by molar-refractivity contribution is 0.413. The van der Waals surface area contributed by atoms with E-state index in [-0.39, 0.29) is 0 Å². The first kappa shape index (κ1) is 27.0. The molecule has 0 aliphatic heterocycles. The second-order valence-electron chi connectivity index (χ2n) is 8.92. The third-order valence-electron chi connectivity index (χ3n) is 6.30. The molecule has 0 saturated heterocycles. The van der Waals surface area contributed by atoms with Gasteiger partial charge in [-0.15, -0.1) is 0 Å². The van der Waals surface area contributed by atoms with Crippen molar-refractivity contribution >= 4 is 0 Å². The van der Waals surface area contributed by atoms with Gasteiger partial charge >= 0.3 is 0 Å². The summed E-state index contributed by atoms with van der Waals surface area (Å²) in [5, 5.41) is 0. The van der Waals surface area contributed by atoms with Gasteiger partial charge in [-0.05, 0) is 5.92 Å². The fraction of sp³-hybridized carbons (Fsp3) is 0.926.